The van der Waals surface area contributed by atoms with Crippen LogP contribution >= 0.6 is 11.8 Å². The van der Waals surface area contributed by atoms with Gasteiger partial charge in [0, 0.05) is 5.56 Å². The van der Waals surface area contributed by atoms with Gasteiger partial charge >= 0.3 is 0 Å². The minimum Gasteiger partial charge on any atom is -0.420 e. The normalized spacial score (nSPS) is 11.1. The summed E-state index contributed by atoms with van der Waals surface area (Å²) in [6, 6.07) is 30.0. The SMILES string of the molecule is c1ccc(-c2nnc(CSc3nnc(C(c4ccccc4)c4ccccc4)o3)o2)cc1. The largest absolute Gasteiger partial charge is 0.420 e. The Morgan fingerprint density at radius 3 is 1.90 bits per heavy atom. The summed E-state index contributed by atoms with van der Waals surface area (Å²) in [5.41, 5.74) is 3.08. The Bertz CT molecular complexity index is 1200. The van der Waals surface area contributed by atoms with Crippen LogP contribution in [0, 0.1) is 0 Å². The van der Waals surface area contributed by atoms with Gasteiger partial charge < -0.3 is 8.83 Å². The van der Waals surface area contributed by atoms with Gasteiger partial charge in [0.25, 0.3) is 5.22 Å². The molecule has 0 aliphatic rings. The number of aromatic nitrogens is 4. The van der Waals surface area contributed by atoms with E-state index in [0.29, 0.717) is 28.6 Å². The third-order valence-corrected chi connectivity index (χ3v) is 5.54. The number of rotatable bonds is 7. The number of nitrogens with zero attached hydrogens (tertiary/aromatic N) is 4. The first-order valence-electron chi connectivity index (χ1n) is 9.81. The maximum atomic E-state index is 6.02. The van der Waals surface area contributed by atoms with Crippen molar-refractivity contribution in [3.8, 4) is 11.5 Å². The van der Waals surface area contributed by atoms with Crippen molar-refractivity contribution in [2.45, 2.75) is 16.9 Å². The first-order valence-corrected chi connectivity index (χ1v) is 10.8. The quantitative estimate of drug-likeness (QED) is 0.314. The van der Waals surface area contributed by atoms with Gasteiger partial charge in [-0.05, 0) is 23.3 Å². The molecule has 0 N–H and O–H groups in total. The van der Waals surface area contributed by atoms with Gasteiger partial charge in [-0.3, -0.25) is 0 Å². The van der Waals surface area contributed by atoms with Crippen LogP contribution in [0.3, 0.4) is 0 Å². The fourth-order valence-corrected chi connectivity index (χ4v) is 3.90. The molecule has 31 heavy (non-hydrogen) atoms. The molecule has 2 heterocycles. The Balaban J connectivity index is 1.34. The van der Waals surface area contributed by atoms with Gasteiger partial charge in [-0.25, -0.2) is 0 Å². The van der Waals surface area contributed by atoms with Crippen LogP contribution in [0.25, 0.3) is 11.5 Å². The van der Waals surface area contributed by atoms with E-state index < -0.39 is 0 Å². The van der Waals surface area contributed by atoms with E-state index in [0.717, 1.165) is 16.7 Å². The molecule has 0 saturated carbocycles. The Labute approximate surface area is 183 Å². The van der Waals surface area contributed by atoms with Crippen LogP contribution in [0.15, 0.2) is 105 Å². The van der Waals surface area contributed by atoms with Crippen LogP contribution in [0.4, 0.5) is 0 Å². The summed E-state index contributed by atoms with van der Waals surface area (Å²) in [6.45, 7) is 0. The topological polar surface area (TPSA) is 77.8 Å². The Kier molecular flexibility index (Phi) is 5.58. The first-order chi connectivity index (χ1) is 15.4. The van der Waals surface area contributed by atoms with Gasteiger partial charge in [-0.1, -0.05) is 90.6 Å². The lowest BCUT2D eigenvalue weighted by atomic mass is 9.91. The van der Waals surface area contributed by atoms with E-state index in [9.17, 15) is 0 Å². The highest BCUT2D eigenvalue weighted by Crippen LogP contribution is 2.33. The number of hydrogen-bond donors (Lipinski definition) is 0. The molecular formula is C24H18N4O2S. The predicted octanol–water partition coefficient (Wildman–Crippen LogP) is 5.59. The monoisotopic (exact) mass is 426 g/mol. The van der Waals surface area contributed by atoms with Crippen molar-refractivity contribution in [3.63, 3.8) is 0 Å². The highest BCUT2D eigenvalue weighted by molar-refractivity contribution is 7.98. The van der Waals surface area contributed by atoms with E-state index in [1.54, 1.807) is 0 Å². The zero-order valence-electron chi connectivity index (χ0n) is 16.5. The molecule has 0 unspecified atom stereocenters. The molecule has 152 valence electrons. The lowest BCUT2D eigenvalue weighted by Crippen LogP contribution is -2.03. The van der Waals surface area contributed by atoms with Crippen molar-refractivity contribution >= 4 is 11.8 Å². The highest BCUT2D eigenvalue weighted by atomic mass is 32.2. The zero-order chi connectivity index (χ0) is 20.9. The van der Waals surface area contributed by atoms with Gasteiger partial charge in [0.1, 0.15) is 0 Å². The number of thioether (sulfide) groups is 1. The second-order valence-corrected chi connectivity index (χ2v) is 7.74. The van der Waals surface area contributed by atoms with Gasteiger partial charge in [0.05, 0.1) is 11.7 Å². The molecule has 0 atom stereocenters. The molecule has 0 radical (unpaired) electrons. The zero-order valence-corrected chi connectivity index (χ0v) is 17.3. The minimum absolute atomic E-state index is 0.127. The lowest BCUT2D eigenvalue weighted by molar-refractivity contribution is 0.408. The summed E-state index contributed by atoms with van der Waals surface area (Å²) < 4.78 is 11.8. The Morgan fingerprint density at radius 2 is 1.26 bits per heavy atom. The van der Waals surface area contributed by atoms with Crippen LogP contribution in [0.5, 0.6) is 0 Å². The summed E-state index contributed by atoms with van der Waals surface area (Å²) in [5, 5.41) is 17.3. The fourth-order valence-electron chi connectivity index (χ4n) is 3.30. The molecule has 3 aromatic carbocycles. The molecule has 0 saturated heterocycles. The Morgan fingerprint density at radius 1 is 0.645 bits per heavy atom. The van der Waals surface area contributed by atoms with Crippen LogP contribution in [-0.2, 0) is 5.75 Å². The lowest BCUT2D eigenvalue weighted by Gasteiger charge is -2.13. The van der Waals surface area contributed by atoms with Crippen molar-refractivity contribution in [2.24, 2.45) is 0 Å². The molecule has 0 amide bonds. The van der Waals surface area contributed by atoms with Crippen LogP contribution in [-0.4, -0.2) is 20.4 Å². The van der Waals surface area contributed by atoms with E-state index in [1.165, 1.54) is 11.8 Å². The van der Waals surface area contributed by atoms with Gasteiger partial charge in [0.15, 0.2) is 0 Å². The molecule has 7 heteroatoms. The van der Waals surface area contributed by atoms with Gasteiger partial charge in [-0.15, -0.1) is 20.4 Å². The molecule has 2 aromatic heterocycles. The average molecular weight is 427 g/mol. The third kappa shape index (κ3) is 4.41. The standard InChI is InChI=1S/C24H18N4O2S/c1-4-10-17(11-5-1)21(18-12-6-2-7-13-18)23-27-28-24(30-23)31-16-20-25-26-22(29-20)19-14-8-3-9-15-19/h1-15,21H,16H2. The van der Waals surface area contributed by atoms with Crippen molar-refractivity contribution in [1.82, 2.24) is 20.4 Å². The molecule has 0 fully saturated rings. The van der Waals surface area contributed by atoms with Crippen molar-refractivity contribution in [1.29, 1.82) is 0 Å². The van der Waals surface area contributed by atoms with E-state index in [-0.39, 0.29) is 5.92 Å². The molecule has 6 nitrogen and oxygen atoms in total. The van der Waals surface area contributed by atoms with Gasteiger partial charge in [-0.2, -0.15) is 0 Å². The van der Waals surface area contributed by atoms with Crippen molar-refractivity contribution in [3.05, 3.63) is 114 Å². The van der Waals surface area contributed by atoms with E-state index in [2.05, 4.69) is 44.7 Å². The average Bonchev–Trinajstić information content (AvgIpc) is 3.50. The first kappa shape index (κ1) is 19.3. The molecular weight excluding hydrogens is 408 g/mol. The highest BCUT2D eigenvalue weighted by Gasteiger charge is 2.23. The molecule has 0 bridgehead atoms. The Hall–Kier alpha value is -3.71. The maximum absolute atomic E-state index is 6.02. The van der Waals surface area contributed by atoms with Crippen molar-refractivity contribution in [2.75, 3.05) is 0 Å². The van der Waals surface area contributed by atoms with E-state index in [1.807, 2.05) is 66.7 Å². The third-order valence-electron chi connectivity index (χ3n) is 4.74. The van der Waals surface area contributed by atoms with E-state index >= 15 is 0 Å². The number of benzene rings is 3. The summed E-state index contributed by atoms with van der Waals surface area (Å²) in [6.07, 6.45) is 0. The van der Waals surface area contributed by atoms with Gasteiger partial charge in [0.2, 0.25) is 17.7 Å². The van der Waals surface area contributed by atoms with Crippen LogP contribution < -0.4 is 0 Å². The summed E-state index contributed by atoms with van der Waals surface area (Å²) in [5.74, 6) is 1.87. The second-order valence-electron chi connectivity index (χ2n) is 6.82. The summed E-state index contributed by atoms with van der Waals surface area (Å²) >= 11 is 1.37. The summed E-state index contributed by atoms with van der Waals surface area (Å²) in [7, 11) is 0. The maximum Gasteiger partial charge on any atom is 0.277 e. The molecule has 0 aliphatic carbocycles. The predicted molar refractivity (Wildman–Crippen MR) is 117 cm³/mol. The van der Waals surface area contributed by atoms with Crippen LogP contribution in [0.2, 0.25) is 0 Å². The van der Waals surface area contributed by atoms with Crippen LogP contribution in [0.1, 0.15) is 28.8 Å². The van der Waals surface area contributed by atoms with Crippen molar-refractivity contribution < 1.29 is 8.83 Å². The second kappa shape index (κ2) is 8.97. The molecule has 5 rings (SSSR count). The number of hydrogen-bond acceptors (Lipinski definition) is 7. The molecule has 0 aliphatic heterocycles. The molecule has 5 aromatic rings. The smallest absolute Gasteiger partial charge is 0.277 e. The minimum atomic E-state index is -0.127. The summed E-state index contributed by atoms with van der Waals surface area (Å²) in [4.78, 5) is 0. The van der Waals surface area contributed by atoms with E-state index in [4.69, 9.17) is 8.83 Å². The fraction of sp³-hybridized carbons (Fsp3) is 0.0833. The molecule has 0 spiro atoms.